The highest BCUT2D eigenvalue weighted by molar-refractivity contribution is 7.59. The summed E-state index contributed by atoms with van der Waals surface area (Å²) in [6.45, 7) is 0. The van der Waals surface area contributed by atoms with Gasteiger partial charge in [0.2, 0.25) is 0 Å². The van der Waals surface area contributed by atoms with Crippen molar-refractivity contribution in [2.75, 3.05) is 14.2 Å². The first-order valence-electron chi connectivity index (χ1n) is 4.69. The fraction of sp³-hybridized carbons (Fsp3) is 0.167. The molecule has 0 unspecified atom stereocenters. The highest BCUT2D eigenvalue weighted by Gasteiger charge is 2.00. The molecule has 0 aliphatic rings. The summed E-state index contributed by atoms with van der Waals surface area (Å²) < 4.78 is 10.4. The zero-order chi connectivity index (χ0) is 11.7. The molecule has 16 heavy (non-hydrogen) atoms. The van der Waals surface area contributed by atoms with Gasteiger partial charge in [-0.1, -0.05) is 6.07 Å². The molecule has 0 aliphatic heterocycles. The van der Waals surface area contributed by atoms with Crippen LogP contribution in [0.5, 0.6) is 11.5 Å². The van der Waals surface area contributed by atoms with Crippen molar-refractivity contribution in [1.29, 1.82) is 0 Å². The molecule has 2 rings (SSSR count). The van der Waals surface area contributed by atoms with Gasteiger partial charge < -0.3 is 34.7 Å². The number of fused-ring (bicyclic) bond motifs is 1. The number of benzene rings is 2. The van der Waals surface area contributed by atoms with Gasteiger partial charge in [0, 0.05) is 0 Å². The third-order valence-corrected chi connectivity index (χ3v) is 3.06. The monoisotopic (exact) mass is 250 g/mol. The highest BCUT2D eigenvalue weighted by atomic mass is 32.1. The van der Waals surface area contributed by atoms with Gasteiger partial charge in [-0.25, -0.2) is 0 Å². The molecule has 0 bridgehead atoms. The third kappa shape index (κ3) is 1.86. The molecule has 0 atom stereocenters. The standard InChI is InChI=1S/C12H12O2S2/c1-13-8-3-7-4-12(16)10(14-2)6-9(7)11(15)5-8/h3-6,15-16H,1-2H3/p-2. The fourth-order valence-corrected chi connectivity index (χ4v) is 2.15. The summed E-state index contributed by atoms with van der Waals surface area (Å²) in [5.41, 5.74) is 0. The molecular formula is C12H10O2S2-2. The lowest BCUT2D eigenvalue weighted by Crippen LogP contribution is -1.90. The van der Waals surface area contributed by atoms with Crippen molar-refractivity contribution in [3.8, 4) is 11.5 Å². The van der Waals surface area contributed by atoms with E-state index in [9.17, 15) is 0 Å². The summed E-state index contributed by atoms with van der Waals surface area (Å²) in [7, 11) is 3.22. The number of methoxy groups -OCH3 is 2. The zero-order valence-electron chi connectivity index (χ0n) is 8.94. The van der Waals surface area contributed by atoms with Crippen LogP contribution in [-0.2, 0) is 25.3 Å². The molecule has 0 aromatic heterocycles. The van der Waals surface area contributed by atoms with Crippen molar-refractivity contribution in [1.82, 2.24) is 0 Å². The number of ether oxygens (including phenoxy) is 2. The average Bonchev–Trinajstić information content (AvgIpc) is 2.28. The van der Waals surface area contributed by atoms with Crippen LogP contribution < -0.4 is 9.47 Å². The van der Waals surface area contributed by atoms with Crippen LogP contribution in [0.3, 0.4) is 0 Å². The Hall–Kier alpha value is -1.26. The van der Waals surface area contributed by atoms with E-state index < -0.39 is 0 Å². The first-order valence-corrected chi connectivity index (χ1v) is 5.51. The molecule has 0 aliphatic carbocycles. The normalized spacial score (nSPS) is 10.4. The Balaban J connectivity index is 2.75. The van der Waals surface area contributed by atoms with Crippen molar-refractivity contribution in [2.24, 2.45) is 0 Å². The topological polar surface area (TPSA) is 18.5 Å². The Morgan fingerprint density at radius 3 is 2.25 bits per heavy atom. The van der Waals surface area contributed by atoms with E-state index in [2.05, 4.69) is 0 Å². The van der Waals surface area contributed by atoms with E-state index in [1.54, 1.807) is 14.2 Å². The van der Waals surface area contributed by atoms with Gasteiger partial charge in [-0.15, -0.1) is 4.90 Å². The van der Waals surface area contributed by atoms with Gasteiger partial charge in [-0.05, 0) is 29.0 Å². The van der Waals surface area contributed by atoms with E-state index in [4.69, 9.17) is 34.7 Å². The summed E-state index contributed by atoms with van der Waals surface area (Å²) >= 11 is 10.5. The minimum atomic E-state index is 0.678. The lowest BCUT2D eigenvalue weighted by molar-refractivity contribution is 0.405. The van der Waals surface area contributed by atoms with Crippen molar-refractivity contribution in [2.45, 2.75) is 9.79 Å². The quantitative estimate of drug-likeness (QED) is 0.762. The predicted octanol–water partition coefficient (Wildman–Crippen LogP) is 2.67. The molecule has 2 nitrogen and oxygen atoms in total. The molecule has 0 saturated carbocycles. The molecule has 0 fully saturated rings. The van der Waals surface area contributed by atoms with Crippen LogP contribution in [0.25, 0.3) is 10.8 Å². The van der Waals surface area contributed by atoms with Crippen LogP contribution in [-0.4, -0.2) is 14.2 Å². The summed E-state index contributed by atoms with van der Waals surface area (Å²) in [5.74, 6) is 1.43. The summed E-state index contributed by atoms with van der Waals surface area (Å²) in [6, 6.07) is 7.49. The van der Waals surface area contributed by atoms with Crippen molar-refractivity contribution < 1.29 is 9.47 Å². The smallest absolute Gasteiger partial charge is 0.118 e. The lowest BCUT2D eigenvalue weighted by atomic mass is 10.1. The first kappa shape index (κ1) is 11.2. The second-order valence-electron chi connectivity index (χ2n) is 3.35. The minimum absolute atomic E-state index is 0.678. The Labute approximate surface area is 105 Å². The van der Waals surface area contributed by atoms with Crippen molar-refractivity contribution >= 4 is 36.0 Å². The van der Waals surface area contributed by atoms with Gasteiger partial charge in [-0.2, -0.15) is 4.90 Å². The second kappa shape index (κ2) is 4.31. The molecule has 0 N–H and O–H groups in total. The molecular weight excluding hydrogens is 240 g/mol. The van der Waals surface area contributed by atoms with Crippen LogP contribution in [0.2, 0.25) is 0 Å². The molecule has 2 aromatic carbocycles. The van der Waals surface area contributed by atoms with E-state index in [0.717, 1.165) is 21.4 Å². The summed E-state index contributed by atoms with van der Waals surface area (Å²) in [5, 5.41) is 1.94. The lowest BCUT2D eigenvalue weighted by Gasteiger charge is -2.19. The molecule has 0 heterocycles. The Bertz CT molecular complexity index is 538. The highest BCUT2D eigenvalue weighted by Crippen LogP contribution is 2.31. The second-order valence-corrected chi connectivity index (χ2v) is 4.23. The Kier molecular flexibility index (Phi) is 3.03. The molecule has 0 saturated heterocycles. The number of hydrogen-bond donors (Lipinski definition) is 0. The van der Waals surface area contributed by atoms with E-state index in [0.29, 0.717) is 10.6 Å². The Morgan fingerprint density at radius 1 is 0.875 bits per heavy atom. The maximum Gasteiger partial charge on any atom is 0.118 e. The van der Waals surface area contributed by atoms with Gasteiger partial charge >= 0.3 is 0 Å². The molecule has 84 valence electrons. The van der Waals surface area contributed by atoms with Crippen molar-refractivity contribution in [3.63, 3.8) is 0 Å². The number of rotatable bonds is 2. The third-order valence-electron chi connectivity index (χ3n) is 2.41. The van der Waals surface area contributed by atoms with Crippen LogP contribution in [0.1, 0.15) is 0 Å². The van der Waals surface area contributed by atoms with E-state index in [1.807, 2.05) is 24.3 Å². The molecule has 0 radical (unpaired) electrons. The largest absolute Gasteiger partial charge is 0.779 e. The SMILES string of the molecule is COc1cc([S-])c2cc(OC)c([S-])cc2c1. The van der Waals surface area contributed by atoms with E-state index in [-0.39, 0.29) is 0 Å². The Morgan fingerprint density at radius 2 is 1.62 bits per heavy atom. The summed E-state index contributed by atoms with van der Waals surface area (Å²) in [4.78, 5) is 1.42. The molecule has 0 spiro atoms. The predicted molar refractivity (Wildman–Crippen MR) is 68.3 cm³/mol. The maximum atomic E-state index is 5.29. The fourth-order valence-electron chi connectivity index (χ4n) is 1.59. The minimum Gasteiger partial charge on any atom is -0.779 e. The number of hydrogen-bond acceptors (Lipinski definition) is 4. The molecule has 0 amide bonds. The van der Waals surface area contributed by atoms with Gasteiger partial charge in [0.15, 0.2) is 0 Å². The van der Waals surface area contributed by atoms with Crippen LogP contribution in [0.4, 0.5) is 0 Å². The van der Waals surface area contributed by atoms with Gasteiger partial charge in [0.05, 0.1) is 20.0 Å². The molecule has 4 heteroatoms. The molecule has 2 aromatic rings. The van der Waals surface area contributed by atoms with Gasteiger partial charge in [0.1, 0.15) is 5.75 Å². The van der Waals surface area contributed by atoms with Gasteiger partial charge in [-0.3, -0.25) is 0 Å². The first-order chi connectivity index (χ1) is 7.65. The summed E-state index contributed by atoms with van der Waals surface area (Å²) in [6.07, 6.45) is 0. The van der Waals surface area contributed by atoms with Gasteiger partial charge in [0.25, 0.3) is 0 Å². The van der Waals surface area contributed by atoms with E-state index >= 15 is 0 Å². The van der Waals surface area contributed by atoms with Crippen LogP contribution in [0.15, 0.2) is 34.1 Å². The zero-order valence-corrected chi connectivity index (χ0v) is 10.6. The maximum absolute atomic E-state index is 5.29. The van der Waals surface area contributed by atoms with Crippen LogP contribution >= 0.6 is 0 Å². The average molecular weight is 250 g/mol. The van der Waals surface area contributed by atoms with Crippen LogP contribution in [0, 0.1) is 0 Å². The van der Waals surface area contributed by atoms with Crippen molar-refractivity contribution in [3.05, 3.63) is 24.3 Å². The van der Waals surface area contributed by atoms with E-state index in [1.165, 1.54) is 0 Å².